The molecule has 0 aromatic heterocycles. The molecule has 0 aliphatic carbocycles. The number of hydrogen-bond acceptors (Lipinski definition) is 4. The highest BCUT2D eigenvalue weighted by molar-refractivity contribution is 7.91. The van der Waals surface area contributed by atoms with Crippen LogP contribution in [-0.4, -0.2) is 44.6 Å². The van der Waals surface area contributed by atoms with E-state index in [0.29, 0.717) is 12.8 Å². The first kappa shape index (κ1) is 13.8. The average Bonchev–Trinajstić information content (AvgIpc) is 2.87. The zero-order valence-electron chi connectivity index (χ0n) is 10.7. The summed E-state index contributed by atoms with van der Waals surface area (Å²) < 4.78 is 28.1. The Kier molecular flexibility index (Phi) is 4.27. The maximum Gasteiger partial charge on any atom is 0.220 e. The van der Waals surface area contributed by atoms with E-state index in [1.807, 2.05) is 6.92 Å². The molecule has 1 amide bonds. The number of amides is 1. The van der Waals surface area contributed by atoms with Crippen LogP contribution in [0, 0.1) is 5.92 Å². The van der Waals surface area contributed by atoms with Gasteiger partial charge in [-0.2, -0.15) is 0 Å². The first-order valence-electron chi connectivity index (χ1n) is 6.58. The van der Waals surface area contributed by atoms with Gasteiger partial charge in [-0.05, 0) is 32.1 Å². The first-order chi connectivity index (χ1) is 8.46. The minimum atomic E-state index is -2.89. The molecule has 2 saturated heterocycles. The maximum atomic E-state index is 11.8. The smallest absolute Gasteiger partial charge is 0.220 e. The van der Waals surface area contributed by atoms with E-state index in [1.54, 1.807) is 0 Å². The fraction of sp³-hybridized carbons (Fsp3) is 0.917. The highest BCUT2D eigenvalue weighted by Crippen LogP contribution is 2.22. The van der Waals surface area contributed by atoms with Crippen LogP contribution >= 0.6 is 0 Å². The van der Waals surface area contributed by atoms with Gasteiger partial charge in [-0.15, -0.1) is 0 Å². The quantitative estimate of drug-likeness (QED) is 0.810. The molecule has 2 heterocycles. The summed E-state index contributed by atoms with van der Waals surface area (Å²) in [6.07, 6.45) is 3.08. The Morgan fingerprint density at radius 3 is 2.78 bits per heavy atom. The van der Waals surface area contributed by atoms with Gasteiger partial charge in [0.25, 0.3) is 0 Å². The van der Waals surface area contributed by atoms with Crippen LogP contribution in [0.2, 0.25) is 0 Å². The highest BCUT2D eigenvalue weighted by Gasteiger charge is 2.30. The van der Waals surface area contributed by atoms with Crippen LogP contribution in [0.3, 0.4) is 0 Å². The average molecular weight is 275 g/mol. The first-order valence-corrected chi connectivity index (χ1v) is 8.40. The van der Waals surface area contributed by atoms with Gasteiger partial charge in [0.05, 0.1) is 23.7 Å². The van der Waals surface area contributed by atoms with E-state index in [9.17, 15) is 13.2 Å². The number of nitrogens with one attached hydrogen (secondary N) is 1. The number of carbonyl (C=O) groups excluding carboxylic acids is 1. The largest absolute Gasteiger partial charge is 0.376 e. The minimum Gasteiger partial charge on any atom is -0.376 e. The molecule has 0 saturated carbocycles. The molecule has 3 atom stereocenters. The molecule has 1 N–H and O–H groups in total. The second-order valence-corrected chi connectivity index (χ2v) is 7.61. The van der Waals surface area contributed by atoms with Crippen LogP contribution < -0.4 is 5.32 Å². The standard InChI is InChI=1S/C12H21NO4S/c1-9(11-3-2-5-17-11)13-12(14)7-10-4-6-18(15,16)8-10/h9-11H,2-8H2,1H3,(H,13,14). The van der Waals surface area contributed by atoms with E-state index in [4.69, 9.17) is 4.74 Å². The van der Waals surface area contributed by atoms with Gasteiger partial charge in [0.1, 0.15) is 0 Å². The Morgan fingerprint density at radius 2 is 2.22 bits per heavy atom. The van der Waals surface area contributed by atoms with E-state index in [1.165, 1.54) is 0 Å². The van der Waals surface area contributed by atoms with E-state index < -0.39 is 9.84 Å². The third kappa shape index (κ3) is 3.68. The van der Waals surface area contributed by atoms with Crippen LogP contribution in [0.5, 0.6) is 0 Å². The number of ether oxygens (including phenoxy) is 1. The molecular weight excluding hydrogens is 254 g/mol. The number of sulfone groups is 1. The van der Waals surface area contributed by atoms with Crippen molar-refractivity contribution < 1.29 is 17.9 Å². The monoisotopic (exact) mass is 275 g/mol. The lowest BCUT2D eigenvalue weighted by molar-refractivity contribution is -0.123. The van der Waals surface area contributed by atoms with E-state index >= 15 is 0 Å². The van der Waals surface area contributed by atoms with Crippen LogP contribution in [0.4, 0.5) is 0 Å². The van der Waals surface area contributed by atoms with Crippen LogP contribution in [0.1, 0.15) is 32.6 Å². The van der Waals surface area contributed by atoms with Crippen molar-refractivity contribution in [1.29, 1.82) is 0 Å². The molecule has 0 radical (unpaired) electrons. The van der Waals surface area contributed by atoms with Crippen LogP contribution in [0.25, 0.3) is 0 Å². The number of carbonyl (C=O) groups is 1. The zero-order valence-corrected chi connectivity index (χ0v) is 11.5. The molecule has 0 aromatic rings. The fourth-order valence-corrected chi connectivity index (χ4v) is 4.56. The Hall–Kier alpha value is -0.620. The Morgan fingerprint density at radius 1 is 1.44 bits per heavy atom. The summed E-state index contributed by atoms with van der Waals surface area (Å²) in [6, 6.07) is 0.0120. The summed E-state index contributed by atoms with van der Waals surface area (Å²) in [5.41, 5.74) is 0. The highest BCUT2D eigenvalue weighted by atomic mass is 32.2. The lowest BCUT2D eigenvalue weighted by atomic mass is 10.0. The molecule has 2 aliphatic heterocycles. The van der Waals surface area contributed by atoms with Gasteiger partial charge < -0.3 is 10.1 Å². The molecule has 0 spiro atoms. The van der Waals surface area contributed by atoms with E-state index in [2.05, 4.69) is 5.32 Å². The van der Waals surface area contributed by atoms with Gasteiger partial charge in [-0.1, -0.05) is 0 Å². The summed E-state index contributed by atoms with van der Waals surface area (Å²) in [5, 5.41) is 2.92. The second-order valence-electron chi connectivity index (χ2n) is 5.38. The van der Waals surface area contributed by atoms with Crippen molar-refractivity contribution in [2.75, 3.05) is 18.1 Å². The summed E-state index contributed by atoms with van der Waals surface area (Å²) in [6.45, 7) is 2.71. The lowest BCUT2D eigenvalue weighted by Crippen LogP contribution is -2.41. The maximum absolute atomic E-state index is 11.8. The Balaban J connectivity index is 1.75. The lowest BCUT2D eigenvalue weighted by Gasteiger charge is -2.20. The molecule has 2 fully saturated rings. The predicted molar refractivity (Wildman–Crippen MR) is 68.0 cm³/mol. The normalized spacial score (nSPS) is 32.3. The summed E-state index contributed by atoms with van der Waals surface area (Å²) in [4.78, 5) is 11.8. The molecule has 0 bridgehead atoms. The molecule has 104 valence electrons. The molecule has 5 nitrogen and oxygen atoms in total. The molecule has 0 aromatic carbocycles. The predicted octanol–water partition coefficient (Wildman–Crippen LogP) is 0.495. The molecule has 18 heavy (non-hydrogen) atoms. The Labute approximate surface area is 108 Å². The van der Waals surface area contributed by atoms with Crippen molar-refractivity contribution in [1.82, 2.24) is 5.32 Å². The molecule has 2 rings (SSSR count). The number of hydrogen-bond donors (Lipinski definition) is 1. The molecule has 2 aliphatic rings. The van der Waals surface area contributed by atoms with Crippen molar-refractivity contribution in [3.8, 4) is 0 Å². The Bertz CT molecular complexity index is 400. The summed E-state index contributed by atoms with van der Waals surface area (Å²) >= 11 is 0. The van der Waals surface area contributed by atoms with Crippen molar-refractivity contribution in [3.05, 3.63) is 0 Å². The van der Waals surface area contributed by atoms with Gasteiger partial charge in [-0.25, -0.2) is 8.42 Å². The summed E-state index contributed by atoms with van der Waals surface area (Å²) in [7, 11) is -2.89. The molecule has 3 unspecified atom stereocenters. The van der Waals surface area contributed by atoms with Crippen LogP contribution in [0.15, 0.2) is 0 Å². The van der Waals surface area contributed by atoms with E-state index in [0.717, 1.165) is 19.4 Å². The van der Waals surface area contributed by atoms with Crippen molar-refractivity contribution in [3.63, 3.8) is 0 Å². The van der Waals surface area contributed by atoms with Gasteiger partial charge in [0.2, 0.25) is 5.91 Å². The van der Waals surface area contributed by atoms with Gasteiger partial charge >= 0.3 is 0 Å². The van der Waals surface area contributed by atoms with Gasteiger partial charge in [0, 0.05) is 13.0 Å². The minimum absolute atomic E-state index is 0.00769. The molecular formula is C12H21NO4S. The SMILES string of the molecule is CC(NC(=O)CC1CCS(=O)(=O)C1)C1CCCO1. The van der Waals surface area contributed by atoms with Crippen molar-refractivity contribution in [2.24, 2.45) is 5.92 Å². The third-order valence-corrected chi connectivity index (χ3v) is 5.55. The third-order valence-electron chi connectivity index (χ3n) is 3.71. The second kappa shape index (κ2) is 5.57. The van der Waals surface area contributed by atoms with E-state index in [-0.39, 0.29) is 35.5 Å². The topological polar surface area (TPSA) is 72.5 Å². The van der Waals surface area contributed by atoms with Crippen molar-refractivity contribution in [2.45, 2.75) is 44.8 Å². The fourth-order valence-electron chi connectivity index (χ4n) is 2.70. The van der Waals surface area contributed by atoms with Crippen molar-refractivity contribution >= 4 is 15.7 Å². The van der Waals surface area contributed by atoms with Crippen LogP contribution in [-0.2, 0) is 19.4 Å². The summed E-state index contributed by atoms with van der Waals surface area (Å²) in [5.74, 6) is 0.327. The number of rotatable bonds is 4. The van der Waals surface area contributed by atoms with Gasteiger partial charge in [0.15, 0.2) is 9.84 Å². The zero-order chi connectivity index (χ0) is 13.2. The molecule has 6 heteroatoms. The van der Waals surface area contributed by atoms with Gasteiger partial charge in [-0.3, -0.25) is 4.79 Å².